The minimum atomic E-state index is 0. The van der Waals surface area contributed by atoms with Crippen molar-refractivity contribution in [3.63, 3.8) is 0 Å². The number of hydrogen-bond acceptors (Lipinski definition) is 12. The van der Waals surface area contributed by atoms with E-state index in [4.69, 9.17) is 142 Å². The fraction of sp³-hybridized carbons (Fsp3) is 0. The average molecular weight is 497 g/mol. The van der Waals surface area contributed by atoms with Crippen molar-refractivity contribution < 1.29 is 24.8 Å². The first-order valence-corrected chi connectivity index (χ1v) is 8.87. The Labute approximate surface area is 225 Å². The van der Waals surface area contributed by atoms with Crippen molar-refractivity contribution in [2.45, 2.75) is 0 Å². The van der Waals surface area contributed by atoms with Gasteiger partial charge < -0.3 is 142 Å². The first-order valence-electron chi connectivity index (χ1n) is 3.18. The molecule has 0 aliphatic rings. The average Bonchev–Trinajstić information content (AvgIpc) is 2.95. The first kappa shape index (κ1) is 132. The van der Waals surface area contributed by atoms with E-state index < -0.39 is 0 Å². The van der Waals surface area contributed by atoms with Crippen molar-refractivity contribution in [2.24, 2.45) is 0 Å². The molecule has 0 aliphatic carbocycles. The monoisotopic (exact) mass is 496 g/mol. The van der Waals surface area contributed by atoms with E-state index in [1.807, 2.05) is 0 Å². The van der Waals surface area contributed by atoms with Crippen molar-refractivity contribution in [1.29, 1.82) is 63.1 Å². The summed E-state index contributed by atoms with van der Waals surface area (Å²) >= 11 is 9.78. The molecule has 0 fully saturated rings. The Hall–Kier alpha value is -2.78. The third kappa shape index (κ3) is 1760. The Morgan fingerprint density at radius 1 is 0.241 bits per heavy atom. The molecule has 0 aromatic rings. The standard InChI is InChI=1S/12CN.2Fe.3Mg/c12*1-2;;;;;/q12*-1;;;;;+2. The van der Waals surface area contributed by atoms with E-state index in [0.29, 0.717) is 0 Å². The van der Waals surface area contributed by atoms with Gasteiger partial charge in [-0.05, 0) is 0 Å². The van der Waals surface area contributed by atoms with Crippen LogP contribution in [0.1, 0.15) is 0 Å². The van der Waals surface area contributed by atoms with E-state index >= 15 is 0 Å². The summed E-state index contributed by atoms with van der Waals surface area (Å²) < 4.78 is 0. The van der Waals surface area contributed by atoms with E-state index in [0.717, 1.165) is 0 Å². The fourth-order valence-corrected chi connectivity index (χ4v) is 0. The third-order valence-electron chi connectivity index (χ3n) is 0. The molecule has 0 saturated heterocycles. The molecule has 0 amide bonds. The van der Waals surface area contributed by atoms with E-state index in [1.54, 1.807) is 37.9 Å². The Morgan fingerprint density at radius 3 is 0.241 bits per heavy atom. The molecule has 0 saturated carbocycles. The van der Waals surface area contributed by atoms with Gasteiger partial charge in [-0.25, -0.2) is 0 Å². The molecule has 0 aliphatic heterocycles. The molecular formula is C12Fe2Mg3N12-10. The fourth-order valence-electron chi connectivity index (χ4n) is 0. The quantitative estimate of drug-likeness (QED) is 0.316. The van der Waals surface area contributed by atoms with Gasteiger partial charge in [0.15, 0.2) is 0 Å². The topological polar surface area (TPSA) is 285 Å². The van der Waals surface area contributed by atoms with Gasteiger partial charge in [-0.3, -0.25) is 0 Å². The summed E-state index contributed by atoms with van der Waals surface area (Å²) in [5, 5.41) is 75.0. The zero-order valence-electron chi connectivity index (χ0n) is 14.2. The maximum atomic E-state index is 6.25. The zero-order chi connectivity index (χ0) is 28.0. The second-order valence-electron chi connectivity index (χ2n) is 0. The van der Waals surface area contributed by atoms with Crippen LogP contribution in [0.2, 0.25) is 0 Å². The third-order valence-corrected chi connectivity index (χ3v) is 0. The SMILES string of the molecule is [C-]#N.[C-]#N.[C-]#N.[C-]#N.[C-]#N.[C-]#N.[C-]#N.[C-]#N.[C-]#N.[C-]#N.[C-]#N.[C-]#N.[Mg+2].[Mg]=[Fe].[Mg]=[Fe]. The summed E-state index contributed by atoms with van der Waals surface area (Å²) in [4.78, 5) is 0. The predicted molar refractivity (Wildman–Crippen MR) is 76.9 cm³/mol. The van der Waals surface area contributed by atoms with Crippen LogP contribution >= 0.6 is 0 Å². The van der Waals surface area contributed by atoms with Crippen LogP contribution in [0.5, 0.6) is 0 Å². The number of nitrogens with zero attached hydrogens (tertiary/aromatic N) is 12. The molecular weight excluding hydrogens is 497 g/mol. The van der Waals surface area contributed by atoms with Gasteiger partial charge >= 0.3 is 85.7 Å². The van der Waals surface area contributed by atoms with E-state index in [9.17, 15) is 0 Å². The Kier molecular flexibility index (Phi) is 8730. The summed E-state index contributed by atoms with van der Waals surface area (Å²) in [7, 11) is 0. The van der Waals surface area contributed by atoms with Crippen molar-refractivity contribution in [3.05, 3.63) is 78.9 Å². The Bertz CT molecular complexity index is 259. The molecule has 0 atom stereocenters. The molecule has 0 rings (SSSR count). The second-order valence-corrected chi connectivity index (χ2v) is 0. The van der Waals surface area contributed by atoms with Gasteiger partial charge in [0.05, 0.1) is 0 Å². The second kappa shape index (κ2) is 1910. The van der Waals surface area contributed by atoms with Gasteiger partial charge in [-0.2, -0.15) is 0 Å². The molecule has 0 aromatic carbocycles. The van der Waals surface area contributed by atoms with E-state index in [2.05, 4.69) is 24.8 Å². The Morgan fingerprint density at radius 2 is 0.241 bits per heavy atom. The Balaban J connectivity index is -0.00000000558. The molecule has 12 nitrogen and oxygen atoms in total. The van der Waals surface area contributed by atoms with Crippen LogP contribution in [0.4, 0.5) is 0 Å². The molecule has 0 N–H and O–H groups in total. The van der Waals surface area contributed by atoms with Crippen molar-refractivity contribution in [3.8, 4) is 0 Å². The van der Waals surface area contributed by atoms with Crippen molar-refractivity contribution in [2.75, 3.05) is 0 Å². The number of hydrogen-bond donors (Lipinski definition) is 0. The minimum absolute atomic E-state index is 0. The van der Waals surface area contributed by atoms with Gasteiger partial charge in [-0.1, -0.05) is 0 Å². The summed E-state index contributed by atoms with van der Waals surface area (Å²) in [6.45, 7) is 57.0. The van der Waals surface area contributed by atoms with Gasteiger partial charge in [0.2, 0.25) is 0 Å². The van der Waals surface area contributed by atoms with Gasteiger partial charge in [0, 0.05) is 0 Å². The molecule has 140 valence electrons. The van der Waals surface area contributed by atoms with Crippen LogP contribution < -0.4 is 0 Å². The molecule has 0 bridgehead atoms. The van der Waals surface area contributed by atoms with Gasteiger partial charge in [0.1, 0.15) is 0 Å². The van der Waals surface area contributed by atoms with Crippen LogP contribution in [-0.2, 0) is 24.8 Å². The van der Waals surface area contributed by atoms with E-state index in [1.165, 1.54) is 0 Å². The maximum absolute atomic E-state index is 6.25. The molecule has 29 heavy (non-hydrogen) atoms. The molecule has 0 radical (unpaired) electrons. The van der Waals surface area contributed by atoms with Crippen LogP contribution in [0.15, 0.2) is 0 Å². The molecule has 0 unspecified atom stereocenters. The summed E-state index contributed by atoms with van der Waals surface area (Å²) in [6, 6.07) is 0. The number of rotatable bonds is 0. The molecule has 0 spiro atoms. The van der Waals surface area contributed by atoms with Crippen LogP contribution in [0.25, 0.3) is 0 Å². The van der Waals surface area contributed by atoms with Crippen LogP contribution in [0, 0.1) is 142 Å². The summed E-state index contributed by atoms with van der Waals surface area (Å²) in [5.41, 5.74) is 0. The van der Waals surface area contributed by atoms with Crippen LogP contribution in [-0.4, -0.2) is 60.9 Å². The first-order chi connectivity index (χ1) is 14.0. The van der Waals surface area contributed by atoms with Gasteiger partial charge in [-0.15, -0.1) is 0 Å². The van der Waals surface area contributed by atoms with Crippen LogP contribution in [0.3, 0.4) is 0 Å². The van der Waals surface area contributed by atoms with Crippen molar-refractivity contribution in [1.82, 2.24) is 0 Å². The zero-order valence-corrected chi connectivity index (χ0v) is 20.6. The summed E-state index contributed by atoms with van der Waals surface area (Å²) in [5.74, 6) is 0. The molecule has 0 heterocycles. The van der Waals surface area contributed by atoms with Crippen molar-refractivity contribution >= 4 is 60.9 Å². The summed E-state index contributed by atoms with van der Waals surface area (Å²) in [6.07, 6.45) is 0. The predicted octanol–water partition coefficient (Wildman–Crippen LogP) is 0.00904. The molecule has 0 aromatic heterocycles. The molecule has 17 heteroatoms. The van der Waals surface area contributed by atoms with E-state index in [-0.39, 0.29) is 23.1 Å². The van der Waals surface area contributed by atoms with Gasteiger partial charge in [0.25, 0.3) is 0 Å². The normalized spacial score (nSPS) is 1.31.